The fourth-order valence-corrected chi connectivity index (χ4v) is 6.87. The van der Waals surface area contributed by atoms with Crippen LogP contribution in [0.3, 0.4) is 0 Å². The summed E-state index contributed by atoms with van der Waals surface area (Å²) >= 11 is 3.03. The van der Waals surface area contributed by atoms with Crippen molar-refractivity contribution in [3.63, 3.8) is 0 Å². The number of thiophene rings is 1. The van der Waals surface area contributed by atoms with Gasteiger partial charge in [-0.05, 0) is 66.1 Å². The Balaban J connectivity index is 1.41. The third-order valence-corrected chi connectivity index (χ3v) is 8.80. The number of nitrogens with zero attached hydrogens (tertiary/aromatic N) is 1. The van der Waals surface area contributed by atoms with E-state index in [2.05, 4.69) is 35.7 Å². The highest BCUT2D eigenvalue weighted by Gasteiger charge is 2.29. The van der Waals surface area contributed by atoms with Crippen LogP contribution in [-0.2, 0) is 17.6 Å². The van der Waals surface area contributed by atoms with Crippen molar-refractivity contribution in [3.05, 3.63) is 112 Å². The summed E-state index contributed by atoms with van der Waals surface area (Å²) in [5.41, 5.74) is 10.5. The van der Waals surface area contributed by atoms with E-state index in [0.29, 0.717) is 22.2 Å². The number of nitrogens with two attached hydrogens (primary N) is 1. The molecule has 0 bridgehead atoms. The molecule has 1 amide bonds. The van der Waals surface area contributed by atoms with Gasteiger partial charge in [0.15, 0.2) is 0 Å². The van der Waals surface area contributed by atoms with Gasteiger partial charge in [-0.3, -0.25) is 4.79 Å². The topological polar surface area (TPSA) is 78.9 Å². The van der Waals surface area contributed by atoms with E-state index in [0.717, 1.165) is 35.3 Å². The number of hydrogen-bond donors (Lipinski definition) is 2. The molecule has 4 nitrogen and oxygen atoms in total. The van der Waals surface area contributed by atoms with Crippen molar-refractivity contribution in [1.29, 1.82) is 5.26 Å². The molecule has 2 atom stereocenters. The molecule has 0 saturated heterocycles. The van der Waals surface area contributed by atoms with Gasteiger partial charge in [-0.15, -0.1) is 23.1 Å². The molecular weight excluding hydrogens is 470 g/mol. The van der Waals surface area contributed by atoms with E-state index in [1.165, 1.54) is 22.2 Å². The Kier molecular flexibility index (Phi) is 6.89. The van der Waals surface area contributed by atoms with E-state index in [1.54, 1.807) is 11.3 Å². The number of nitrogen functional groups attached to an aromatic ring is 1. The Morgan fingerprint density at radius 1 is 1.03 bits per heavy atom. The van der Waals surface area contributed by atoms with Crippen LogP contribution in [-0.4, -0.2) is 5.91 Å². The molecule has 2 unspecified atom stereocenters. The van der Waals surface area contributed by atoms with Crippen LogP contribution in [0.25, 0.3) is 0 Å². The first-order chi connectivity index (χ1) is 17.1. The number of thioether (sulfide) groups is 1. The van der Waals surface area contributed by atoms with E-state index < -0.39 is 5.25 Å². The van der Waals surface area contributed by atoms with Crippen LogP contribution in [0.1, 0.15) is 44.7 Å². The highest BCUT2D eigenvalue weighted by molar-refractivity contribution is 8.00. The maximum absolute atomic E-state index is 13.6. The third-order valence-electron chi connectivity index (χ3n) is 6.36. The summed E-state index contributed by atoms with van der Waals surface area (Å²) in [5.74, 6) is 0.309. The van der Waals surface area contributed by atoms with Crippen LogP contribution < -0.4 is 11.1 Å². The van der Waals surface area contributed by atoms with E-state index in [-0.39, 0.29) is 5.91 Å². The molecule has 0 aliphatic heterocycles. The van der Waals surface area contributed by atoms with E-state index in [4.69, 9.17) is 5.73 Å². The van der Waals surface area contributed by atoms with Crippen molar-refractivity contribution in [2.24, 2.45) is 0 Å². The number of nitrogens with one attached hydrogen (secondary N) is 1. The van der Waals surface area contributed by atoms with Gasteiger partial charge in [0.2, 0.25) is 5.91 Å². The lowest BCUT2D eigenvalue weighted by molar-refractivity contribution is -0.115. The van der Waals surface area contributed by atoms with Crippen LogP contribution in [0.15, 0.2) is 89.8 Å². The SMILES string of the molecule is N#Cc1c(NC(=O)C(Sc2ccc(N)cc2)c2ccccc2)sc2c1CCC(c1ccccc1)C2. The predicted molar refractivity (Wildman–Crippen MR) is 145 cm³/mol. The molecule has 0 radical (unpaired) electrons. The number of benzene rings is 3. The third kappa shape index (κ3) is 5.12. The van der Waals surface area contributed by atoms with Crippen molar-refractivity contribution in [1.82, 2.24) is 0 Å². The predicted octanol–water partition coefficient (Wildman–Crippen LogP) is 6.95. The van der Waals surface area contributed by atoms with Crippen molar-refractivity contribution in [3.8, 4) is 6.07 Å². The maximum Gasteiger partial charge on any atom is 0.243 e. The molecule has 1 aliphatic carbocycles. The number of amides is 1. The van der Waals surface area contributed by atoms with Gasteiger partial charge in [-0.2, -0.15) is 5.26 Å². The molecule has 3 N–H and O–H groups in total. The summed E-state index contributed by atoms with van der Waals surface area (Å²) in [6.07, 6.45) is 2.76. The van der Waals surface area contributed by atoms with Gasteiger partial charge < -0.3 is 11.1 Å². The number of anilines is 2. The van der Waals surface area contributed by atoms with Gasteiger partial charge in [0.1, 0.15) is 16.3 Å². The molecule has 174 valence electrons. The van der Waals surface area contributed by atoms with Crippen molar-refractivity contribution < 1.29 is 4.79 Å². The smallest absolute Gasteiger partial charge is 0.243 e. The zero-order valence-electron chi connectivity index (χ0n) is 19.1. The number of carbonyl (C=O) groups is 1. The molecule has 5 rings (SSSR count). The summed E-state index contributed by atoms with van der Waals surface area (Å²) in [5, 5.41) is 13.3. The van der Waals surface area contributed by atoms with Gasteiger partial charge in [-0.1, -0.05) is 60.7 Å². The minimum atomic E-state index is -0.456. The van der Waals surface area contributed by atoms with E-state index in [1.807, 2.05) is 60.7 Å². The summed E-state index contributed by atoms with van der Waals surface area (Å²) in [6, 6.07) is 30.2. The zero-order valence-corrected chi connectivity index (χ0v) is 20.7. The van der Waals surface area contributed by atoms with Gasteiger partial charge >= 0.3 is 0 Å². The number of fused-ring (bicyclic) bond motifs is 1. The molecule has 0 saturated carbocycles. The lowest BCUT2D eigenvalue weighted by atomic mass is 9.83. The molecule has 1 aliphatic rings. The van der Waals surface area contributed by atoms with Gasteiger partial charge in [0.05, 0.1) is 5.56 Å². The zero-order chi connectivity index (χ0) is 24.2. The van der Waals surface area contributed by atoms with E-state index in [9.17, 15) is 10.1 Å². The Morgan fingerprint density at radius 2 is 1.71 bits per heavy atom. The number of hydrogen-bond acceptors (Lipinski definition) is 5. The Bertz CT molecular complexity index is 1360. The second-order valence-corrected chi connectivity index (χ2v) is 10.9. The van der Waals surface area contributed by atoms with Gasteiger partial charge in [-0.25, -0.2) is 0 Å². The normalized spacial score (nSPS) is 15.6. The molecule has 0 spiro atoms. The lowest BCUT2D eigenvalue weighted by Gasteiger charge is -2.22. The molecule has 0 fully saturated rings. The Hall–Kier alpha value is -3.53. The van der Waals surface area contributed by atoms with Crippen LogP contribution in [0, 0.1) is 11.3 Å². The first-order valence-electron chi connectivity index (χ1n) is 11.6. The fourth-order valence-electron chi connectivity index (χ4n) is 4.56. The molecule has 4 aromatic rings. The molecule has 1 aromatic heterocycles. The molecule has 1 heterocycles. The van der Waals surface area contributed by atoms with Crippen molar-refractivity contribution in [2.75, 3.05) is 11.1 Å². The number of rotatable bonds is 6. The van der Waals surface area contributed by atoms with Gasteiger partial charge in [0.25, 0.3) is 0 Å². The first-order valence-corrected chi connectivity index (χ1v) is 13.3. The molecule has 35 heavy (non-hydrogen) atoms. The quantitative estimate of drug-likeness (QED) is 0.224. The largest absolute Gasteiger partial charge is 0.399 e. The Morgan fingerprint density at radius 3 is 2.40 bits per heavy atom. The summed E-state index contributed by atoms with van der Waals surface area (Å²) in [4.78, 5) is 15.8. The Labute approximate surface area is 213 Å². The summed E-state index contributed by atoms with van der Waals surface area (Å²) in [6.45, 7) is 0. The number of nitriles is 1. The second-order valence-electron chi connectivity index (χ2n) is 8.64. The average molecular weight is 496 g/mol. The standard InChI is InChI=1S/C29H25N3OS2/c30-18-25-24-16-11-21(19-7-3-1-4-8-19)17-26(24)35-29(25)32-28(33)27(20-9-5-2-6-10-20)34-23-14-12-22(31)13-15-23/h1-10,12-15,21,27H,11,16-17,31H2,(H,32,33). The fraction of sp³-hybridized carbons (Fsp3) is 0.172. The first kappa shape index (κ1) is 23.2. The van der Waals surface area contributed by atoms with Crippen LogP contribution >= 0.6 is 23.1 Å². The van der Waals surface area contributed by atoms with E-state index >= 15 is 0 Å². The summed E-state index contributed by atoms with van der Waals surface area (Å²) in [7, 11) is 0. The van der Waals surface area contributed by atoms with Gasteiger partial charge in [0, 0.05) is 15.5 Å². The monoisotopic (exact) mass is 495 g/mol. The minimum absolute atomic E-state index is 0.132. The highest BCUT2D eigenvalue weighted by Crippen LogP contribution is 2.43. The van der Waals surface area contributed by atoms with Crippen LogP contribution in [0.5, 0.6) is 0 Å². The van der Waals surface area contributed by atoms with Crippen molar-refractivity contribution >= 4 is 39.7 Å². The minimum Gasteiger partial charge on any atom is -0.399 e. The number of carbonyl (C=O) groups excluding carboxylic acids is 1. The van der Waals surface area contributed by atoms with Crippen molar-refractivity contribution in [2.45, 2.75) is 35.3 Å². The highest BCUT2D eigenvalue weighted by atomic mass is 32.2. The van der Waals surface area contributed by atoms with Crippen LogP contribution in [0.4, 0.5) is 10.7 Å². The summed E-state index contributed by atoms with van der Waals surface area (Å²) < 4.78 is 0. The molecule has 6 heteroatoms. The van der Waals surface area contributed by atoms with Crippen LogP contribution in [0.2, 0.25) is 0 Å². The average Bonchev–Trinajstić information content (AvgIpc) is 3.25. The lowest BCUT2D eigenvalue weighted by Crippen LogP contribution is -2.19. The maximum atomic E-state index is 13.6. The molecule has 3 aromatic carbocycles. The molecular formula is C29H25N3OS2. The second kappa shape index (κ2) is 10.4.